The number of fused-ring (bicyclic) bond motifs is 1. The van der Waals surface area contributed by atoms with E-state index in [2.05, 4.69) is 10.3 Å². The molecule has 0 saturated carbocycles. The first-order chi connectivity index (χ1) is 9.91. The number of rotatable bonds is 3. The normalized spacial score (nSPS) is 22.8. The van der Waals surface area contributed by atoms with Crippen LogP contribution in [0.1, 0.15) is 13.3 Å². The lowest BCUT2D eigenvalue weighted by Crippen LogP contribution is -2.35. The Bertz CT molecular complexity index is 683. The minimum absolute atomic E-state index is 0.111. The summed E-state index contributed by atoms with van der Waals surface area (Å²) in [6.07, 6.45) is 0.695. The summed E-state index contributed by atoms with van der Waals surface area (Å²) in [4.78, 5) is 18.3. The second-order valence-electron chi connectivity index (χ2n) is 5.75. The van der Waals surface area contributed by atoms with Crippen molar-refractivity contribution in [3.05, 3.63) is 18.2 Å². The number of aliphatic hydroxyl groups is 1. The maximum absolute atomic E-state index is 12.0. The largest absolute Gasteiger partial charge is 0.399 e. The average Bonchev–Trinajstić information content (AvgIpc) is 2.91. The fourth-order valence-electron chi connectivity index (χ4n) is 2.53. The first-order valence-corrected chi connectivity index (χ1v) is 7.64. The summed E-state index contributed by atoms with van der Waals surface area (Å²) in [5, 5.41) is 13.3. The van der Waals surface area contributed by atoms with E-state index in [1.165, 1.54) is 11.3 Å². The van der Waals surface area contributed by atoms with Crippen LogP contribution in [-0.2, 0) is 4.79 Å². The van der Waals surface area contributed by atoms with Crippen LogP contribution in [0.2, 0.25) is 0 Å². The Labute approximate surface area is 126 Å². The van der Waals surface area contributed by atoms with Gasteiger partial charge >= 0.3 is 0 Å². The molecular weight excluding hydrogens is 288 g/mol. The van der Waals surface area contributed by atoms with Gasteiger partial charge in [-0.1, -0.05) is 11.3 Å². The molecule has 3 rings (SSSR count). The van der Waals surface area contributed by atoms with E-state index in [4.69, 9.17) is 5.73 Å². The topological polar surface area (TPSA) is 91.5 Å². The van der Waals surface area contributed by atoms with E-state index in [1.54, 1.807) is 13.0 Å². The zero-order valence-electron chi connectivity index (χ0n) is 11.8. The number of hydrogen-bond donors (Lipinski definition) is 3. The van der Waals surface area contributed by atoms with Crippen molar-refractivity contribution in [2.45, 2.75) is 18.9 Å². The molecule has 21 heavy (non-hydrogen) atoms. The molecule has 4 N–H and O–H groups in total. The summed E-state index contributed by atoms with van der Waals surface area (Å²) < 4.78 is 0.953. The highest BCUT2D eigenvalue weighted by Gasteiger charge is 2.32. The fourth-order valence-corrected chi connectivity index (χ4v) is 3.46. The molecule has 1 aromatic heterocycles. The summed E-state index contributed by atoms with van der Waals surface area (Å²) in [6.45, 7) is 3.32. The number of nitrogens with one attached hydrogen (secondary N) is 1. The number of nitrogens with two attached hydrogens (primary N) is 1. The van der Waals surface area contributed by atoms with Crippen LogP contribution < -0.4 is 11.1 Å². The predicted octanol–water partition coefficient (Wildman–Crippen LogP) is 1.27. The second-order valence-corrected chi connectivity index (χ2v) is 6.78. The number of amides is 1. The van der Waals surface area contributed by atoms with E-state index in [1.807, 2.05) is 17.0 Å². The summed E-state index contributed by atoms with van der Waals surface area (Å²) in [5.74, 6) is -0.111. The molecule has 1 atom stereocenters. The summed E-state index contributed by atoms with van der Waals surface area (Å²) >= 11 is 1.41. The van der Waals surface area contributed by atoms with E-state index in [9.17, 15) is 9.90 Å². The van der Waals surface area contributed by atoms with E-state index < -0.39 is 5.60 Å². The highest BCUT2D eigenvalue weighted by molar-refractivity contribution is 7.22. The number of benzene rings is 1. The number of nitrogens with zero attached hydrogens (tertiary/aromatic N) is 2. The predicted molar refractivity (Wildman–Crippen MR) is 84.3 cm³/mol. The molecule has 0 radical (unpaired) electrons. The summed E-state index contributed by atoms with van der Waals surface area (Å²) in [6, 6.07) is 5.48. The van der Waals surface area contributed by atoms with Crippen molar-refractivity contribution in [1.29, 1.82) is 0 Å². The first kappa shape index (κ1) is 14.2. The van der Waals surface area contributed by atoms with Gasteiger partial charge in [-0.15, -0.1) is 0 Å². The van der Waals surface area contributed by atoms with Crippen LogP contribution in [0.25, 0.3) is 10.2 Å². The number of nitrogen functional groups attached to an aromatic ring is 1. The van der Waals surface area contributed by atoms with Crippen LogP contribution in [0.5, 0.6) is 0 Å². The standard InChI is InChI=1S/C14H18N4O2S/c1-14(20)4-5-18(8-14)7-12(19)17-13-16-10-3-2-9(15)6-11(10)21-13/h2-3,6,20H,4-5,7-8,15H2,1H3,(H,16,17,19). The van der Waals surface area contributed by atoms with E-state index in [-0.39, 0.29) is 12.5 Å². The molecule has 0 bridgehead atoms. The molecule has 1 saturated heterocycles. The number of anilines is 2. The zero-order chi connectivity index (χ0) is 15.0. The lowest BCUT2D eigenvalue weighted by Gasteiger charge is -2.17. The van der Waals surface area contributed by atoms with Gasteiger partial charge in [0, 0.05) is 18.8 Å². The Morgan fingerprint density at radius 3 is 3.14 bits per heavy atom. The molecule has 2 aromatic rings. The van der Waals surface area contributed by atoms with Crippen molar-refractivity contribution in [1.82, 2.24) is 9.88 Å². The Morgan fingerprint density at radius 2 is 2.43 bits per heavy atom. The molecule has 0 aliphatic carbocycles. The van der Waals surface area contributed by atoms with Crippen LogP contribution in [0.4, 0.5) is 10.8 Å². The number of carbonyl (C=O) groups is 1. The quantitative estimate of drug-likeness (QED) is 0.743. The number of carbonyl (C=O) groups excluding carboxylic acids is 1. The molecule has 2 heterocycles. The molecule has 7 heteroatoms. The Kier molecular flexibility index (Phi) is 3.56. The lowest BCUT2D eigenvalue weighted by molar-refractivity contribution is -0.117. The third kappa shape index (κ3) is 3.31. The highest BCUT2D eigenvalue weighted by Crippen LogP contribution is 2.27. The van der Waals surface area contributed by atoms with Gasteiger partial charge in [0.05, 0.1) is 22.4 Å². The minimum Gasteiger partial charge on any atom is -0.399 e. The van der Waals surface area contributed by atoms with Crippen LogP contribution in [0.3, 0.4) is 0 Å². The van der Waals surface area contributed by atoms with Gasteiger partial charge in [0.15, 0.2) is 5.13 Å². The van der Waals surface area contributed by atoms with Gasteiger partial charge in [-0.3, -0.25) is 9.69 Å². The highest BCUT2D eigenvalue weighted by atomic mass is 32.1. The van der Waals surface area contributed by atoms with Gasteiger partial charge in [-0.25, -0.2) is 4.98 Å². The summed E-state index contributed by atoms with van der Waals surface area (Å²) in [5.41, 5.74) is 6.55. The smallest absolute Gasteiger partial charge is 0.240 e. The van der Waals surface area contributed by atoms with E-state index in [0.717, 1.165) is 16.8 Å². The second kappa shape index (κ2) is 5.25. The minimum atomic E-state index is -0.687. The zero-order valence-corrected chi connectivity index (χ0v) is 12.6. The third-order valence-corrected chi connectivity index (χ3v) is 4.49. The molecule has 112 valence electrons. The molecule has 1 fully saturated rings. The van der Waals surface area contributed by atoms with Crippen LogP contribution in [0.15, 0.2) is 18.2 Å². The molecule has 0 spiro atoms. The monoisotopic (exact) mass is 306 g/mol. The molecule has 1 amide bonds. The molecule has 1 unspecified atom stereocenters. The lowest BCUT2D eigenvalue weighted by atomic mass is 10.1. The third-order valence-electron chi connectivity index (χ3n) is 3.56. The fraction of sp³-hybridized carbons (Fsp3) is 0.429. The van der Waals surface area contributed by atoms with Crippen molar-refractivity contribution in [3.8, 4) is 0 Å². The van der Waals surface area contributed by atoms with Gasteiger partial charge in [0.25, 0.3) is 0 Å². The van der Waals surface area contributed by atoms with E-state index in [0.29, 0.717) is 23.8 Å². The van der Waals surface area contributed by atoms with Crippen molar-refractivity contribution in [2.24, 2.45) is 0 Å². The number of aromatic nitrogens is 1. The maximum atomic E-state index is 12.0. The Morgan fingerprint density at radius 1 is 1.62 bits per heavy atom. The van der Waals surface area contributed by atoms with Crippen LogP contribution >= 0.6 is 11.3 Å². The Hall–Kier alpha value is -1.70. The molecular formula is C14H18N4O2S. The number of thiazole rings is 1. The van der Waals surface area contributed by atoms with Gasteiger partial charge in [0.1, 0.15) is 0 Å². The first-order valence-electron chi connectivity index (χ1n) is 6.82. The van der Waals surface area contributed by atoms with Gasteiger partial charge in [0.2, 0.25) is 5.91 Å². The molecule has 6 nitrogen and oxygen atoms in total. The van der Waals surface area contributed by atoms with Gasteiger partial charge in [-0.2, -0.15) is 0 Å². The van der Waals surface area contributed by atoms with E-state index >= 15 is 0 Å². The van der Waals surface area contributed by atoms with Crippen molar-refractivity contribution in [2.75, 3.05) is 30.7 Å². The number of β-amino-alcohol motifs (C(OH)–C–C–N with tert-alkyl or cyclic N) is 1. The molecule has 1 aliphatic rings. The molecule has 1 aromatic carbocycles. The number of hydrogen-bond acceptors (Lipinski definition) is 6. The van der Waals surface area contributed by atoms with Gasteiger partial charge < -0.3 is 16.2 Å². The van der Waals surface area contributed by atoms with Crippen molar-refractivity contribution < 1.29 is 9.90 Å². The average molecular weight is 306 g/mol. The summed E-state index contributed by atoms with van der Waals surface area (Å²) in [7, 11) is 0. The van der Waals surface area contributed by atoms with Crippen LogP contribution in [0, 0.1) is 0 Å². The molecule has 1 aliphatic heterocycles. The van der Waals surface area contributed by atoms with Crippen molar-refractivity contribution >= 4 is 38.3 Å². The van der Waals surface area contributed by atoms with Gasteiger partial charge in [-0.05, 0) is 31.5 Å². The van der Waals surface area contributed by atoms with Crippen molar-refractivity contribution in [3.63, 3.8) is 0 Å². The SMILES string of the molecule is CC1(O)CCN(CC(=O)Nc2nc3ccc(N)cc3s2)C1. The van der Waals surface area contributed by atoms with Crippen LogP contribution in [-0.4, -0.2) is 46.1 Å². The maximum Gasteiger partial charge on any atom is 0.240 e. The Balaban J connectivity index is 1.63. The number of likely N-dealkylation sites (tertiary alicyclic amines) is 1.